The van der Waals surface area contributed by atoms with E-state index in [0.717, 1.165) is 0 Å². The first kappa shape index (κ1) is 10.6. The number of β-amino-alcohol motifs (C(OH)–C–C–N with tert-alkyl or cyclic N) is 1. The van der Waals surface area contributed by atoms with Crippen molar-refractivity contribution in [3.8, 4) is 0 Å². The molecule has 0 amide bonds. The van der Waals surface area contributed by atoms with Crippen LogP contribution in [-0.4, -0.2) is 29.6 Å². The first-order valence-corrected chi connectivity index (χ1v) is 4.12. The first-order chi connectivity index (χ1) is 5.20. The van der Waals surface area contributed by atoms with Gasteiger partial charge in [0.05, 0.1) is 12.1 Å². The lowest BCUT2D eigenvalue weighted by Gasteiger charge is -2.01. The summed E-state index contributed by atoms with van der Waals surface area (Å²) in [5.41, 5.74) is 0. The van der Waals surface area contributed by atoms with Crippen LogP contribution in [0.25, 0.3) is 0 Å². The van der Waals surface area contributed by atoms with E-state index in [9.17, 15) is 4.79 Å². The van der Waals surface area contributed by atoms with E-state index in [-0.39, 0.29) is 17.9 Å². The Morgan fingerprint density at radius 2 is 2.09 bits per heavy atom. The zero-order valence-electron chi connectivity index (χ0n) is 7.42. The van der Waals surface area contributed by atoms with Crippen molar-refractivity contribution in [1.29, 1.82) is 0 Å². The van der Waals surface area contributed by atoms with Gasteiger partial charge in [-0.2, -0.15) is 0 Å². The highest BCUT2D eigenvalue weighted by Crippen LogP contribution is 2.05. The third kappa shape index (κ3) is 3.49. The minimum absolute atomic E-state index is 0.0972. The summed E-state index contributed by atoms with van der Waals surface area (Å²) < 4.78 is 0. The number of carbonyl (C=O) groups excluding carboxylic acids is 1. The molecule has 0 unspecified atom stereocenters. The second-order valence-electron chi connectivity index (χ2n) is 2.46. The van der Waals surface area contributed by atoms with Gasteiger partial charge in [-0.1, -0.05) is 13.8 Å². The number of hydrogen-bond acceptors (Lipinski definition) is 3. The molecule has 0 radical (unpaired) electrons. The van der Waals surface area contributed by atoms with Crippen molar-refractivity contribution < 1.29 is 9.90 Å². The highest BCUT2D eigenvalue weighted by Gasteiger charge is 2.24. The van der Waals surface area contributed by atoms with E-state index >= 15 is 0 Å². The molecule has 0 aromatic rings. The summed E-state index contributed by atoms with van der Waals surface area (Å²) in [6.45, 7) is 6.10. The van der Waals surface area contributed by atoms with Crippen molar-refractivity contribution in [1.82, 2.24) is 5.32 Å². The highest BCUT2D eigenvalue weighted by molar-refractivity contribution is 5.81. The van der Waals surface area contributed by atoms with Gasteiger partial charge >= 0.3 is 0 Å². The van der Waals surface area contributed by atoms with Crippen LogP contribution in [0.5, 0.6) is 0 Å². The van der Waals surface area contributed by atoms with Gasteiger partial charge in [0.25, 0.3) is 0 Å². The number of aliphatic hydroxyl groups is 1. The quantitative estimate of drug-likeness (QED) is 0.579. The Bertz CT molecular complexity index is 125. The maximum absolute atomic E-state index is 10.6. The smallest absolute Gasteiger partial charge is 0.146 e. The molecule has 1 aliphatic heterocycles. The zero-order valence-corrected chi connectivity index (χ0v) is 7.42. The Kier molecular flexibility index (Phi) is 5.07. The summed E-state index contributed by atoms with van der Waals surface area (Å²) in [6.07, 6.45) is 0.258. The second-order valence-corrected chi connectivity index (χ2v) is 2.46. The lowest BCUT2D eigenvalue weighted by atomic mass is 10.1. The van der Waals surface area contributed by atoms with Crippen LogP contribution in [-0.2, 0) is 4.79 Å². The van der Waals surface area contributed by atoms with Gasteiger partial charge in [-0.15, -0.1) is 0 Å². The number of aliphatic hydroxyl groups excluding tert-OH is 1. The van der Waals surface area contributed by atoms with E-state index in [4.69, 9.17) is 5.11 Å². The maximum atomic E-state index is 10.6. The highest BCUT2D eigenvalue weighted by atomic mass is 16.3. The Balaban J connectivity index is 0.000000461. The standard InChI is InChI=1S/C6H11NO2.C2H6/c1-4(8)6-2-5(9)3-7-6;1-2/h5-7,9H,2-3H2,1H3;1-2H3/t5-,6+;/m1./s1. The minimum Gasteiger partial charge on any atom is -0.392 e. The summed E-state index contributed by atoms with van der Waals surface area (Å²) in [5, 5.41) is 11.8. The summed E-state index contributed by atoms with van der Waals surface area (Å²) in [4.78, 5) is 10.6. The van der Waals surface area contributed by atoms with Crippen LogP contribution in [0.2, 0.25) is 0 Å². The fourth-order valence-electron chi connectivity index (χ4n) is 1.03. The molecule has 11 heavy (non-hydrogen) atoms. The lowest BCUT2D eigenvalue weighted by molar-refractivity contribution is -0.118. The lowest BCUT2D eigenvalue weighted by Crippen LogP contribution is -2.28. The average Bonchev–Trinajstić information content (AvgIpc) is 2.40. The van der Waals surface area contributed by atoms with Crippen molar-refractivity contribution in [2.24, 2.45) is 0 Å². The Hall–Kier alpha value is -0.410. The third-order valence-corrected chi connectivity index (χ3v) is 1.60. The molecule has 0 saturated carbocycles. The number of ketones is 1. The largest absolute Gasteiger partial charge is 0.392 e. The van der Waals surface area contributed by atoms with Gasteiger partial charge in [0.15, 0.2) is 0 Å². The molecule has 1 saturated heterocycles. The van der Waals surface area contributed by atoms with Crippen molar-refractivity contribution >= 4 is 5.78 Å². The molecular weight excluding hydrogens is 142 g/mol. The predicted molar refractivity (Wildman–Crippen MR) is 44.4 cm³/mol. The van der Waals surface area contributed by atoms with Crippen LogP contribution in [0.1, 0.15) is 27.2 Å². The van der Waals surface area contributed by atoms with Gasteiger partial charge in [0.2, 0.25) is 0 Å². The van der Waals surface area contributed by atoms with Crippen LogP contribution < -0.4 is 5.32 Å². The van der Waals surface area contributed by atoms with Gasteiger partial charge in [0, 0.05) is 6.54 Å². The van der Waals surface area contributed by atoms with Crippen molar-refractivity contribution in [2.75, 3.05) is 6.54 Å². The van der Waals surface area contributed by atoms with E-state index in [1.165, 1.54) is 6.92 Å². The molecule has 0 spiro atoms. The molecule has 2 atom stereocenters. The van der Waals surface area contributed by atoms with Gasteiger partial charge in [-0.3, -0.25) is 4.79 Å². The molecular formula is C8H17NO2. The Labute approximate surface area is 67.8 Å². The molecule has 1 aliphatic rings. The van der Waals surface area contributed by atoms with Crippen LogP contribution in [0.15, 0.2) is 0 Å². The molecule has 1 rings (SSSR count). The van der Waals surface area contributed by atoms with E-state index in [2.05, 4.69) is 5.32 Å². The topological polar surface area (TPSA) is 49.3 Å². The summed E-state index contributed by atoms with van der Waals surface area (Å²) >= 11 is 0. The molecule has 0 aromatic carbocycles. The maximum Gasteiger partial charge on any atom is 0.146 e. The van der Waals surface area contributed by atoms with Crippen LogP contribution >= 0.6 is 0 Å². The summed E-state index contributed by atoms with van der Waals surface area (Å²) in [7, 11) is 0. The van der Waals surface area contributed by atoms with E-state index in [0.29, 0.717) is 13.0 Å². The van der Waals surface area contributed by atoms with Crippen molar-refractivity contribution in [3.05, 3.63) is 0 Å². The Morgan fingerprint density at radius 3 is 2.27 bits per heavy atom. The summed E-state index contributed by atoms with van der Waals surface area (Å²) in [6, 6.07) is -0.0972. The number of Topliss-reactive ketones (excluding diaryl/α,β-unsaturated/α-hetero) is 1. The molecule has 1 heterocycles. The second kappa shape index (κ2) is 5.27. The number of hydrogen-bond donors (Lipinski definition) is 2. The molecule has 0 aliphatic carbocycles. The van der Waals surface area contributed by atoms with Crippen molar-refractivity contribution in [3.63, 3.8) is 0 Å². The number of carbonyl (C=O) groups is 1. The predicted octanol–water partition coefficient (Wildman–Crippen LogP) is 0.324. The van der Waals surface area contributed by atoms with Crippen molar-refractivity contribution in [2.45, 2.75) is 39.3 Å². The molecule has 2 N–H and O–H groups in total. The average molecular weight is 159 g/mol. The van der Waals surface area contributed by atoms with Crippen LogP contribution in [0.4, 0.5) is 0 Å². The van der Waals surface area contributed by atoms with Crippen LogP contribution in [0, 0.1) is 0 Å². The number of rotatable bonds is 1. The fraction of sp³-hybridized carbons (Fsp3) is 0.875. The minimum atomic E-state index is -0.320. The van der Waals surface area contributed by atoms with Gasteiger partial charge < -0.3 is 10.4 Å². The SMILES string of the molecule is CC.CC(=O)[C@@H]1C[C@@H](O)CN1. The van der Waals surface area contributed by atoms with Crippen LogP contribution in [0.3, 0.4) is 0 Å². The van der Waals surface area contributed by atoms with E-state index < -0.39 is 0 Å². The molecule has 0 bridgehead atoms. The molecule has 1 fully saturated rings. The summed E-state index contributed by atoms with van der Waals surface area (Å²) in [5.74, 6) is 0.117. The van der Waals surface area contributed by atoms with E-state index in [1.807, 2.05) is 13.8 Å². The third-order valence-electron chi connectivity index (χ3n) is 1.60. The Morgan fingerprint density at radius 1 is 1.55 bits per heavy atom. The fourth-order valence-corrected chi connectivity index (χ4v) is 1.03. The molecule has 0 aromatic heterocycles. The van der Waals surface area contributed by atoms with Gasteiger partial charge in [-0.25, -0.2) is 0 Å². The normalized spacial score (nSPS) is 29.1. The van der Waals surface area contributed by atoms with Gasteiger partial charge in [-0.05, 0) is 13.3 Å². The van der Waals surface area contributed by atoms with Gasteiger partial charge in [0.1, 0.15) is 5.78 Å². The zero-order chi connectivity index (χ0) is 8.85. The first-order valence-electron chi connectivity index (χ1n) is 4.12. The monoisotopic (exact) mass is 159 g/mol. The molecule has 3 heteroatoms. The molecule has 66 valence electrons. The number of nitrogens with one attached hydrogen (secondary N) is 1. The molecule has 3 nitrogen and oxygen atoms in total. The van der Waals surface area contributed by atoms with E-state index in [1.54, 1.807) is 0 Å².